The highest BCUT2D eigenvalue weighted by molar-refractivity contribution is 7.25. The number of hydrogen-bond acceptors (Lipinski definition) is 3. The van der Waals surface area contributed by atoms with Crippen molar-refractivity contribution in [2.45, 2.75) is 5.41 Å². The van der Waals surface area contributed by atoms with Crippen LogP contribution in [0.25, 0.3) is 52.9 Å². The van der Waals surface area contributed by atoms with Crippen molar-refractivity contribution in [3.05, 3.63) is 198 Å². The quantitative estimate of drug-likeness (QED) is 0.183. The lowest BCUT2D eigenvalue weighted by atomic mass is 9.67. The Morgan fingerprint density at radius 3 is 1.82 bits per heavy atom. The van der Waals surface area contributed by atoms with E-state index in [1.54, 1.807) is 0 Å². The normalized spacial score (nSPS) is 13.4. The van der Waals surface area contributed by atoms with Crippen molar-refractivity contribution in [2.75, 3.05) is 4.90 Å². The van der Waals surface area contributed by atoms with E-state index in [0.29, 0.717) is 0 Å². The zero-order valence-corrected chi connectivity index (χ0v) is 27.8. The minimum absolute atomic E-state index is 0.472. The lowest BCUT2D eigenvalue weighted by Gasteiger charge is -2.35. The molecule has 10 aromatic rings. The van der Waals surface area contributed by atoms with Crippen LogP contribution in [-0.4, -0.2) is 0 Å². The van der Waals surface area contributed by atoms with Crippen LogP contribution in [0.2, 0.25) is 0 Å². The van der Waals surface area contributed by atoms with Crippen molar-refractivity contribution in [3.63, 3.8) is 0 Å². The Balaban J connectivity index is 1.14. The lowest BCUT2D eigenvalue weighted by Crippen LogP contribution is -2.29. The monoisotopic (exact) mass is 655 g/mol. The van der Waals surface area contributed by atoms with E-state index in [2.05, 4.69) is 181 Å². The first-order valence-corrected chi connectivity index (χ1v) is 17.9. The Hall–Kier alpha value is -6.16. The summed E-state index contributed by atoms with van der Waals surface area (Å²) in [7, 11) is 0. The molecule has 0 saturated heterocycles. The van der Waals surface area contributed by atoms with Gasteiger partial charge in [-0.05, 0) is 76.2 Å². The Morgan fingerprint density at radius 2 is 1.04 bits per heavy atom. The molecule has 0 saturated carbocycles. The third kappa shape index (κ3) is 3.73. The second-order valence-electron chi connectivity index (χ2n) is 13.2. The number of hydrogen-bond donors (Lipinski definition) is 0. The van der Waals surface area contributed by atoms with E-state index in [-0.39, 0.29) is 0 Å². The molecule has 1 aliphatic carbocycles. The maximum Gasteiger partial charge on any atom is 0.135 e. The highest BCUT2D eigenvalue weighted by atomic mass is 32.1. The van der Waals surface area contributed by atoms with Gasteiger partial charge in [-0.2, -0.15) is 0 Å². The highest BCUT2D eigenvalue weighted by Crippen LogP contribution is 2.57. The summed E-state index contributed by atoms with van der Waals surface area (Å²) in [6, 6.07) is 64.3. The molecule has 0 atom stereocenters. The lowest BCUT2D eigenvalue weighted by molar-refractivity contribution is 0.663. The molecular formula is C47H29NOS. The maximum absolute atomic E-state index is 6.37. The topological polar surface area (TPSA) is 16.4 Å². The molecule has 0 radical (unpaired) electrons. The molecule has 2 aromatic heterocycles. The van der Waals surface area contributed by atoms with Gasteiger partial charge in [0, 0.05) is 47.7 Å². The molecule has 50 heavy (non-hydrogen) atoms. The van der Waals surface area contributed by atoms with Crippen LogP contribution in [0, 0.1) is 0 Å². The molecule has 2 nitrogen and oxygen atoms in total. The minimum atomic E-state index is -0.472. The third-order valence-corrected chi connectivity index (χ3v) is 11.9. The molecule has 11 rings (SSSR count). The van der Waals surface area contributed by atoms with E-state index >= 15 is 0 Å². The Labute approximate surface area is 293 Å². The van der Waals surface area contributed by atoms with Crippen LogP contribution in [0.5, 0.6) is 0 Å². The van der Waals surface area contributed by atoms with E-state index in [9.17, 15) is 0 Å². The van der Waals surface area contributed by atoms with E-state index in [1.807, 2.05) is 11.3 Å². The molecule has 0 bridgehead atoms. The maximum atomic E-state index is 6.37. The number of furan rings is 1. The number of anilines is 3. The zero-order valence-electron chi connectivity index (χ0n) is 27.0. The number of benzene rings is 8. The van der Waals surface area contributed by atoms with E-state index in [0.717, 1.165) is 28.2 Å². The number of thiophene rings is 1. The number of rotatable bonds is 5. The van der Waals surface area contributed by atoms with Crippen molar-refractivity contribution in [1.82, 2.24) is 0 Å². The van der Waals surface area contributed by atoms with Crippen LogP contribution >= 0.6 is 11.3 Å². The first-order valence-electron chi connectivity index (χ1n) is 17.1. The van der Waals surface area contributed by atoms with Gasteiger partial charge in [-0.25, -0.2) is 0 Å². The van der Waals surface area contributed by atoms with Crippen LogP contribution < -0.4 is 4.90 Å². The van der Waals surface area contributed by atoms with Gasteiger partial charge in [-0.1, -0.05) is 127 Å². The van der Waals surface area contributed by atoms with Gasteiger partial charge in [0.15, 0.2) is 0 Å². The van der Waals surface area contributed by atoms with Crippen LogP contribution in [0.1, 0.15) is 22.3 Å². The predicted octanol–water partition coefficient (Wildman–Crippen LogP) is 13.3. The van der Waals surface area contributed by atoms with Crippen molar-refractivity contribution in [1.29, 1.82) is 0 Å². The van der Waals surface area contributed by atoms with Gasteiger partial charge >= 0.3 is 0 Å². The summed E-state index contributed by atoms with van der Waals surface area (Å²) in [5.41, 5.74) is 9.87. The summed E-state index contributed by atoms with van der Waals surface area (Å²) in [5, 5.41) is 7.50. The fourth-order valence-corrected chi connectivity index (χ4v) is 9.80. The van der Waals surface area contributed by atoms with E-state index in [4.69, 9.17) is 4.42 Å². The minimum Gasteiger partial charge on any atom is -0.456 e. The molecule has 0 N–H and O–H groups in total. The molecule has 0 fully saturated rings. The summed E-state index contributed by atoms with van der Waals surface area (Å²) in [5.74, 6) is 0. The van der Waals surface area contributed by atoms with Gasteiger partial charge in [0.2, 0.25) is 0 Å². The average molecular weight is 656 g/mol. The fourth-order valence-electron chi connectivity index (χ4n) is 8.66. The van der Waals surface area contributed by atoms with Gasteiger partial charge in [-0.3, -0.25) is 0 Å². The Kier molecular flexibility index (Phi) is 5.78. The zero-order chi connectivity index (χ0) is 32.8. The fraction of sp³-hybridized carbons (Fsp3) is 0.0213. The Morgan fingerprint density at radius 1 is 0.440 bits per heavy atom. The van der Waals surface area contributed by atoms with Gasteiger partial charge in [0.25, 0.3) is 0 Å². The van der Waals surface area contributed by atoms with Crippen LogP contribution in [-0.2, 0) is 5.41 Å². The molecule has 0 amide bonds. The van der Waals surface area contributed by atoms with Gasteiger partial charge < -0.3 is 9.32 Å². The third-order valence-electron chi connectivity index (χ3n) is 10.7. The summed E-state index contributed by atoms with van der Waals surface area (Å²) in [6.07, 6.45) is 0. The van der Waals surface area contributed by atoms with Crippen LogP contribution in [0.3, 0.4) is 0 Å². The Bertz CT molecular complexity index is 2870. The van der Waals surface area contributed by atoms with Crippen molar-refractivity contribution >= 4 is 81.3 Å². The molecule has 0 spiro atoms. The van der Waals surface area contributed by atoms with Crippen molar-refractivity contribution < 1.29 is 4.42 Å². The first-order chi connectivity index (χ1) is 24.8. The summed E-state index contributed by atoms with van der Waals surface area (Å²) in [6.45, 7) is 0. The second kappa shape index (κ2) is 10.4. The molecule has 2 heterocycles. The molecule has 234 valence electrons. The standard InChI is InChI=1S/C47H29NOS/c1-2-13-31(14-3-1)47(38-17-9-20-41-45(38)46-39(47)18-10-21-42(46)49-41)32-23-25-33(26-24-32)48(40-19-8-12-30-11-4-5-15-35(30)40)34-27-28-37-36-16-6-7-22-43(36)50-44(37)29-34/h1-29H. The number of nitrogens with zero attached hydrogens (tertiary/aromatic N) is 1. The van der Waals surface area contributed by atoms with E-state index < -0.39 is 5.41 Å². The van der Waals surface area contributed by atoms with Gasteiger partial charge in [-0.15, -0.1) is 11.3 Å². The molecule has 0 unspecified atom stereocenters. The molecular weight excluding hydrogens is 627 g/mol. The molecule has 3 heteroatoms. The summed E-state index contributed by atoms with van der Waals surface area (Å²) < 4.78 is 8.97. The van der Waals surface area contributed by atoms with Crippen molar-refractivity contribution in [3.8, 4) is 0 Å². The largest absolute Gasteiger partial charge is 0.456 e. The first kappa shape index (κ1) is 27.8. The molecule has 1 aliphatic rings. The van der Waals surface area contributed by atoms with Gasteiger partial charge in [0.05, 0.1) is 11.1 Å². The molecule has 8 aromatic carbocycles. The summed E-state index contributed by atoms with van der Waals surface area (Å²) in [4.78, 5) is 2.43. The van der Waals surface area contributed by atoms with Crippen LogP contribution in [0.4, 0.5) is 17.1 Å². The predicted molar refractivity (Wildman–Crippen MR) is 211 cm³/mol. The van der Waals surface area contributed by atoms with Gasteiger partial charge in [0.1, 0.15) is 11.2 Å². The van der Waals surface area contributed by atoms with Crippen LogP contribution in [0.15, 0.2) is 180 Å². The van der Waals surface area contributed by atoms with Crippen molar-refractivity contribution in [2.24, 2.45) is 0 Å². The van der Waals surface area contributed by atoms with E-state index in [1.165, 1.54) is 64.0 Å². The smallest absolute Gasteiger partial charge is 0.135 e. The SMILES string of the molecule is c1ccc(C2(c3ccc(N(c4ccc5c(c4)sc4ccccc45)c4cccc5ccccc45)cc3)c3cccc4oc5cccc2c5c34)cc1. The highest BCUT2D eigenvalue weighted by Gasteiger charge is 2.46. The number of fused-ring (bicyclic) bond motifs is 4. The average Bonchev–Trinajstić information content (AvgIpc) is 3.85. The second-order valence-corrected chi connectivity index (χ2v) is 14.3. The summed E-state index contributed by atoms with van der Waals surface area (Å²) >= 11 is 1.86. The molecule has 0 aliphatic heterocycles.